The normalized spacial score (nSPS) is 20.5. The maximum absolute atomic E-state index is 12.2. The summed E-state index contributed by atoms with van der Waals surface area (Å²) in [4.78, 5) is 20.1. The van der Waals surface area contributed by atoms with E-state index < -0.39 is 6.10 Å². The molecule has 2 N–H and O–H groups in total. The lowest BCUT2D eigenvalue weighted by Gasteiger charge is -2.17. The molecule has 0 radical (unpaired) electrons. The molecule has 0 aliphatic heterocycles. The van der Waals surface area contributed by atoms with E-state index in [0.717, 1.165) is 16.8 Å². The van der Waals surface area contributed by atoms with E-state index in [4.69, 9.17) is 0 Å². The summed E-state index contributed by atoms with van der Waals surface area (Å²) >= 11 is 0. The molecule has 2 atom stereocenters. The van der Waals surface area contributed by atoms with Crippen molar-refractivity contribution in [1.29, 1.82) is 0 Å². The molecule has 1 amide bonds. The van der Waals surface area contributed by atoms with E-state index in [-0.39, 0.29) is 11.9 Å². The molecule has 1 aliphatic carbocycles. The molecule has 0 fully saturated rings. The van der Waals surface area contributed by atoms with Gasteiger partial charge < -0.3 is 10.4 Å². The summed E-state index contributed by atoms with van der Waals surface area (Å²) in [6.45, 7) is 1.80. The highest BCUT2D eigenvalue weighted by molar-refractivity contribution is 5.92. The summed E-state index contributed by atoms with van der Waals surface area (Å²) in [5, 5.41) is 13.0. The molecule has 0 spiro atoms. The number of benzene rings is 1. The second kappa shape index (κ2) is 5.02. The smallest absolute Gasteiger partial charge is 0.270 e. The molecule has 20 heavy (non-hydrogen) atoms. The van der Waals surface area contributed by atoms with Gasteiger partial charge in [0.1, 0.15) is 12.0 Å². The molecule has 5 nitrogen and oxygen atoms in total. The predicted octanol–water partition coefficient (Wildman–Crippen LogP) is 1.17. The third-order valence-electron chi connectivity index (χ3n) is 3.53. The van der Waals surface area contributed by atoms with Gasteiger partial charge in [-0.2, -0.15) is 0 Å². The van der Waals surface area contributed by atoms with Crippen molar-refractivity contribution < 1.29 is 9.90 Å². The number of hydrogen-bond donors (Lipinski definition) is 2. The molecule has 3 rings (SSSR count). The van der Waals surface area contributed by atoms with Crippen molar-refractivity contribution >= 4 is 5.91 Å². The number of aromatic nitrogens is 2. The molecule has 2 aromatic rings. The SMILES string of the molecule is Cc1cc(C(=O)NC2c3ccccc3CC2O)ncn1. The van der Waals surface area contributed by atoms with Gasteiger partial charge in [-0.15, -0.1) is 0 Å². The van der Waals surface area contributed by atoms with Crippen molar-refractivity contribution in [2.45, 2.75) is 25.5 Å². The van der Waals surface area contributed by atoms with Crippen LogP contribution in [0.25, 0.3) is 0 Å². The van der Waals surface area contributed by atoms with E-state index in [0.29, 0.717) is 12.1 Å². The van der Waals surface area contributed by atoms with Crippen LogP contribution in [0.5, 0.6) is 0 Å². The van der Waals surface area contributed by atoms with Gasteiger partial charge in [0.2, 0.25) is 0 Å². The van der Waals surface area contributed by atoms with Crippen LogP contribution >= 0.6 is 0 Å². The molecule has 1 aromatic carbocycles. The Morgan fingerprint density at radius 1 is 1.35 bits per heavy atom. The molecule has 0 bridgehead atoms. The van der Waals surface area contributed by atoms with Crippen LogP contribution in [-0.2, 0) is 6.42 Å². The van der Waals surface area contributed by atoms with Gasteiger partial charge in [0, 0.05) is 12.1 Å². The summed E-state index contributed by atoms with van der Waals surface area (Å²) in [7, 11) is 0. The lowest BCUT2D eigenvalue weighted by Crippen LogP contribution is -2.34. The average Bonchev–Trinajstić information content (AvgIpc) is 2.75. The predicted molar refractivity (Wildman–Crippen MR) is 73.1 cm³/mol. The number of aliphatic hydroxyl groups excluding tert-OH is 1. The van der Waals surface area contributed by atoms with E-state index in [9.17, 15) is 9.90 Å². The summed E-state index contributed by atoms with van der Waals surface area (Å²) < 4.78 is 0. The summed E-state index contributed by atoms with van der Waals surface area (Å²) in [5.41, 5.74) is 3.09. The van der Waals surface area contributed by atoms with E-state index in [1.54, 1.807) is 13.0 Å². The number of carbonyl (C=O) groups is 1. The molecule has 1 aliphatic rings. The lowest BCUT2D eigenvalue weighted by atomic mass is 10.1. The number of rotatable bonds is 2. The Bertz CT molecular complexity index is 657. The molecule has 5 heteroatoms. The molecule has 1 aromatic heterocycles. The number of amides is 1. The van der Waals surface area contributed by atoms with E-state index in [2.05, 4.69) is 15.3 Å². The standard InChI is InChI=1S/C15H15N3O2/c1-9-6-12(17-8-16-9)15(20)18-14-11-5-3-2-4-10(11)7-13(14)19/h2-6,8,13-14,19H,7H2,1H3,(H,18,20). The number of nitrogens with one attached hydrogen (secondary N) is 1. The Balaban J connectivity index is 1.83. The van der Waals surface area contributed by atoms with Crippen LogP contribution in [0.2, 0.25) is 0 Å². The third-order valence-corrected chi connectivity index (χ3v) is 3.53. The van der Waals surface area contributed by atoms with Crippen molar-refractivity contribution in [3.8, 4) is 0 Å². The number of fused-ring (bicyclic) bond motifs is 1. The highest BCUT2D eigenvalue weighted by atomic mass is 16.3. The number of nitrogens with zero attached hydrogens (tertiary/aromatic N) is 2. The molecular formula is C15H15N3O2. The topological polar surface area (TPSA) is 75.1 Å². The number of aliphatic hydroxyl groups is 1. The van der Waals surface area contributed by atoms with Crippen molar-refractivity contribution in [3.05, 3.63) is 59.2 Å². The summed E-state index contributed by atoms with van der Waals surface area (Å²) in [5.74, 6) is -0.295. The number of hydrogen-bond acceptors (Lipinski definition) is 4. The van der Waals surface area contributed by atoms with Crippen LogP contribution in [0.1, 0.15) is 33.4 Å². The number of aryl methyl sites for hydroxylation is 1. The van der Waals surface area contributed by atoms with Gasteiger partial charge in [-0.25, -0.2) is 9.97 Å². The molecule has 2 unspecified atom stereocenters. The Labute approximate surface area is 116 Å². The number of carbonyl (C=O) groups excluding carboxylic acids is 1. The quantitative estimate of drug-likeness (QED) is 0.858. The average molecular weight is 269 g/mol. The fourth-order valence-electron chi connectivity index (χ4n) is 2.54. The minimum absolute atomic E-state index is 0.295. The van der Waals surface area contributed by atoms with Crippen LogP contribution in [0.4, 0.5) is 0 Å². The van der Waals surface area contributed by atoms with Crippen molar-refractivity contribution in [1.82, 2.24) is 15.3 Å². The summed E-state index contributed by atoms with van der Waals surface area (Å²) in [6, 6.07) is 8.99. The molecule has 0 saturated heterocycles. The van der Waals surface area contributed by atoms with Crippen LogP contribution < -0.4 is 5.32 Å². The zero-order valence-corrected chi connectivity index (χ0v) is 11.1. The van der Waals surface area contributed by atoms with E-state index in [1.807, 2.05) is 24.3 Å². The van der Waals surface area contributed by atoms with E-state index in [1.165, 1.54) is 6.33 Å². The second-order valence-electron chi connectivity index (χ2n) is 4.97. The highest BCUT2D eigenvalue weighted by Crippen LogP contribution is 2.31. The third kappa shape index (κ3) is 2.28. The van der Waals surface area contributed by atoms with Crippen LogP contribution in [0, 0.1) is 6.92 Å². The maximum Gasteiger partial charge on any atom is 0.270 e. The van der Waals surface area contributed by atoms with Gasteiger partial charge >= 0.3 is 0 Å². The van der Waals surface area contributed by atoms with Crippen molar-refractivity contribution in [2.75, 3.05) is 0 Å². The van der Waals surface area contributed by atoms with Crippen molar-refractivity contribution in [3.63, 3.8) is 0 Å². The van der Waals surface area contributed by atoms with Gasteiger partial charge in [0.05, 0.1) is 12.1 Å². The first-order valence-corrected chi connectivity index (χ1v) is 6.50. The first-order chi connectivity index (χ1) is 9.65. The molecule has 1 heterocycles. The molecular weight excluding hydrogens is 254 g/mol. The summed E-state index contributed by atoms with van der Waals surface area (Å²) in [6.07, 6.45) is 1.33. The van der Waals surface area contributed by atoms with Crippen molar-refractivity contribution in [2.24, 2.45) is 0 Å². The minimum Gasteiger partial charge on any atom is -0.390 e. The van der Waals surface area contributed by atoms with Crippen LogP contribution in [-0.4, -0.2) is 27.1 Å². The fourth-order valence-corrected chi connectivity index (χ4v) is 2.54. The highest BCUT2D eigenvalue weighted by Gasteiger charge is 2.32. The largest absolute Gasteiger partial charge is 0.390 e. The van der Waals surface area contributed by atoms with E-state index >= 15 is 0 Å². The first kappa shape index (κ1) is 12.7. The lowest BCUT2D eigenvalue weighted by molar-refractivity contribution is 0.0853. The van der Waals surface area contributed by atoms with Crippen LogP contribution in [0.3, 0.4) is 0 Å². The Morgan fingerprint density at radius 2 is 2.15 bits per heavy atom. The molecule has 102 valence electrons. The monoisotopic (exact) mass is 269 g/mol. The van der Waals surface area contributed by atoms with Gasteiger partial charge in [-0.05, 0) is 24.1 Å². The Morgan fingerprint density at radius 3 is 2.95 bits per heavy atom. The Hall–Kier alpha value is -2.27. The maximum atomic E-state index is 12.2. The zero-order valence-electron chi connectivity index (χ0n) is 11.1. The second-order valence-corrected chi connectivity index (χ2v) is 4.97. The van der Waals surface area contributed by atoms with Gasteiger partial charge in [0.25, 0.3) is 5.91 Å². The van der Waals surface area contributed by atoms with Gasteiger partial charge in [0.15, 0.2) is 0 Å². The van der Waals surface area contributed by atoms with Crippen LogP contribution in [0.15, 0.2) is 36.7 Å². The zero-order chi connectivity index (χ0) is 14.1. The minimum atomic E-state index is -0.598. The van der Waals surface area contributed by atoms with Gasteiger partial charge in [-0.1, -0.05) is 24.3 Å². The molecule has 0 saturated carbocycles. The Kier molecular flexibility index (Phi) is 3.20. The first-order valence-electron chi connectivity index (χ1n) is 6.50. The fraction of sp³-hybridized carbons (Fsp3) is 0.267. The van der Waals surface area contributed by atoms with Gasteiger partial charge in [-0.3, -0.25) is 4.79 Å².